The minimum atomic E-state index is 0.00408. The molecule has 2 aliphatic rings. The maximum Gasteiger partial charge on any atom is 0.221 e. The number of carbonyl (C=O) groups is 1. The molecule has 0 aromatic heterocycles. The maximum absolute atomic E-state index is 12.0. The topological polar surface area (TPSA) is 55.1 Å². The molecule has 18 heavy (non-hydrogen) atoms. The van der Waals surface area contributed by atoms with Crippen LogP contribution in [0.3, 0.4) is 0 Å². The molecule has 2 aliphatic carbocycles. The predicted molar refractivity (Wildman–Crippen MR) is 74.0 cm³/mol. The van der Waals surface area contributed by atoms with Gasteiger partial charge < -0.3 is 11.1 Å². The van der Waals surface area contributed by atoms with E-state index in [0.29, 0.717) is 17.9 Å². The van der Waals surface area contributed by atoms with E-state index in [2.05, 4.69) is 26.1 Å². The second-order valence-electron chi connectivity index (χ2n) is 7.10. The third-order valence-electron chi connectivity index (χ3n) is 6.10. The van der Waals surface area contributed by atoms with Gasteiger partial charge in [-0.15, -0.1) is 0 Å². The first-order chi connectivity index (χ1) is 8.31. The maximum atomic E-state index is 12.0. The van der Waals surface area contributed by atoms with Gasteiger partial charge in [-0.3, -0.25) is 4.79 Å². The first kappa shape index (κ1) is 13.9. The van der Waals surface area contributed by atoms with Crippen LogP contribution in [0, 0.1) is 16.7 Å². The molecule has 4 unspecified atom stereocenters. The van der Waals surface area contributed by atoms with Gasteiger partial charge in [0, 0.05) is 18.5 Å². The van der Waals surface area contributed by atoms with E-state index in [1.165, 1.54) is 12.8 Å². The van der Waals surface area contributed by atoms with Crippen molar-refractivity contribution < 1.29 is 4.79 Å². The quantitative estimate of drug-likeness (QED) is 0.807. The number of hydrogen-bond acceptors (Lipinski definition) is 2. The van der Waals surface area contributed by atoms with E-state index in [9.17, 15) is 4.79 Å². The molecule has 3 nitrogen and oxygen atoms in total. The summed E-state index contributed by atoms with van der Waals surface area (Å²) in [6.45, 7) is 9.12. The van der Waals surface area contributed by atoms with Crippen LogP contribution in [-0.4, -0.2) is 18.0 Å². The average Bonchev–Trinajstić information content (AvgIpc) is 2.61. The van der Waals surface area contributed by atoms with Crippen molar-refractivity contribution in [1.29, 1.82) is 0 Å². The molecule has 2 saturated carbocycles. The van der Waals surface area contributed by atoms with Crippen LogP contribution in [0.1, 0.15) is 59.8 Å². The number of nitrogens with one attached hydrogen (secondary N) is 1. The second-order valence-corrected chi connectivity index (χ2v) is 7.10. The highest BCUT2D eigenvalue weighted by molar-refractivity contribution is 5.77. The van der Waals surface area contributed by atoms with Gasteiger partial charge in [-0.25, -0.2) is 0 Å². The number of rotatable bonds is 4. The molecular weight excluding hydrogens is 224 g/mol. The zero-order valence-electron chi connectivity index (χ0n) is 12.3. The molecule has 0 radical (unpaired) electrons. The summed E-state index contributed by atoms with van der Waals surface area (Å²) in [7, 11) is 0. The minimum absolute atomic E-state index is 0.00408. The largest absolute Gasteiger partial charge is 0.353 e. The Morgan fingerprint density at radius 3 is 2.56 bits per heavy atom. The minimum Gasteiger partial charge on any atom is -0.353 e. The molecular formula is C15H28N2O. The van der Waals surface area contributed by atoms with Crippen molar-refractivity contribution in [2.45, 2.75) is 71.9 Å². The fraction of sp³-hybridized carbons (Fsp3) is 0.933. The Hall–Kier alpha value is -0.570. The van der Waals surface area contributed by atoms with Gasteiger partial charge in [0.05, 0.1) is 0 Å². The van der Waals surface area contributed by atoms with Crippen LogP contribution in [0.5, 0.6) is 0 Å². The van der Waals surface area contributed by atoms with E-state index in [1.54, 1.807) is 0 Å². The molecule has 3 heteroatoms. The van der Waals surface area contributed by atoms with Crippen LogP contribution in [-0.2, 0) is 4.79 Å². The number of hydrogen-bond donors (Lipinski definition) is 2. The Kier molecular flexibility index (Phi) is 3.48. The fourth-order valence-corrected chi connectivity index (χ4v) is 4.06. The van der Waals surface area contributed by atoms with Crippen molar-refractivity contribution in [2.24, 2.45) is 22.5 Å². The van der Waals surface area contributed by atoms with Gasteiger partial charge in [-0.2, -0.15) is 0 Å². The van der Waals surface area contributed by atoms with Crippen LogP contribution >= 0.6 is 0 Å². The summed E-state index contributed by atoms with van der Waals surface area (Å²) < 4.78 is 0. The van der Waals surface area contributed by atoms with Crippen LogP contribution in [0.4, 0.5) is 0 Å². The lowest BCUT2D eigenvalue weighted by Gasteiger charge is -2.39. The highest BCUT2D eigenvalue weighted by Crippen LogP contribution is 2.65. The number of carbonyl (C=O) groups excluding carboxylic acids is 1. The van der Waals surface area contributed by atoms with Gasteiger partial charge in [0.1, 0.15) is 0 Å². The Labute approximate surface area is 111 Å². The van der Waals surface area contributed by atoms with Crippen molar-refractivity contribution >= 4 is 5.91 Å². The van der Waals surface area contributed by atoms with E-state index in [-0.39, 0.29) is 17.4 Å². The molecule has 2 rings (SSSR count). The molecule has 2 bridgehead atoms. The van der Waals surface area contributed by atoms with Crippen LogP contribution in [0.2, 0.25) is 0 Å². The van der Waals surface area contributed by atoms with Crippen molar-refractivity contribution in [3.63, 3.8) is 0 Å². The van der Waals surface area contributed by atoms with E-state index < -0.39 is 0 Å². The Balaban J connectivity index is 1.98. The zero-order chi connectivity index (χ0) is 13.6. The third kappa shape index (κ3) is 1.97. The second kappa shape index (κ2) is 4.52. The molecule has 0 aromatic rings. The summed E-state index contributed by atoms with van der Waals surface area (Å²) in [5.74, 6) is 0.909. The Bertz CT molecular complexity index is 339. The van der Waals surface area contributed by atoms with Crippen LogP contribution < -0.4 is 11.1 Å². The lowest BCUT2D eigenvalue weighted by molar-refractivity contribution is -0.123. The Morgan fingerprint density at radius 1 is 1.44 bits per heavy atom. The summed E-state index contributed by atoms with van der Waals surface area (Å²) in [5.41, 5.74) is 6.48. The van der Waals surface area contributed by atoms with Crippen molar-refractivity contribution in [3.8, 4) is 0 Å². The first-order valence-corrected chi connectivity index (χ1v) is 7.36. The SMILES string of the molecule is CCC(N)CC(=O)NC1CC2CCC1(C)C2(C)C. The third-order valence-corrected chi connectivity index (χ3v) is 6.10. The van der Waals surface area contributed by atoms with Gasteiger partial charge in [0.2, 0.25) is 5.91 Å². The lowest BCUT2D eigenvalue weighted by Crippen LogP contribution is -2.47. The van der Waals surface area contributed by atoms with Crippen molar-refractivity contribution in [3.05, 3.63) is 0 Å². The monoisotopic (exact) mass is 252 g/mol. The molecule has 1 amide bonds. The van der Waals surface area contributed by atoms with Gasteiger partial charge in [-0.1, -0.05) is 27.7 Å². The summed E-state index contributed by atoms with van der Waals surface area (Å²) in [6.07, 6.45) is 5.05. The molecule has 2 fully saturated rings. The van der Waals surface area contributed by atoms with Crippen molar-refractivity contribution in [1.82, 2.24) is 5.32 Å². The summed E-state index contributed by atoms with van der Waals surface area (Å²) in [4.78, 5) is 12.0. The standard InChI is InChI=1S/C15H28N2O/c1-5-11(16)9-13(18)17-12-8-10-6-7-15(12,4)14(10,2)3/h10-12H,5-9,16H2,1-4H3,(H,17,18). The molecule has 0 spiro atoms. The summed E-state index contributed by atoms with van der Waals surface area (Å²) >= 11 is 0. The first-order valence-electron chi connectivity index (χ1n) is 7.36. The number of fused-ring (bicyclic) bond motifs is 2. The molecule has 104 valence electrons. The molecule has 0 saturated heterocycles. The van der Waals surface area contributed by atoms with Crippen LogP contribution in [0.25, 0.3) is 0 Å². The van der Waals surface area contributed by atoms with E-state index in [1.807, 2.05) is 6.92 Å². The normalized spacial score (nSPS) is 38.7. The molecule has 0 aromatic carbocycles. The number of nitrogens with two attached hydrogens (primary N) is 1. The molecule has 3 N–H and O–H groups in total. The van der Waals surface area contributed by atoms with E-state index >= 15 is 0 Å². The highest BCUT2D eigenvalue weighted by Gasteiger charge is 2.61. The van der Waals surface area contributed by atoms with Crippen molar-refractivity contribution in [2.75, 3.05) is 0 Å². The van der Waals surface area contributed by atoms with Gasteiger partial charge in [0.25, 0.3) is 0 Å². The van der Waals surface area contributed by atoms with Gasteiger partial charge >= 0.3 is 0 Å². The Morgan fingerprint density at radius 2 is 2.11 bits per heavy atom. The van der Waals surface area contributed by atoms with Gasteiger partial charge in [0.15, 0.2) is 0 Å². The molecule has 0 aliphatic heterocycles. The zero-order valence-corrected chi connectivity index (χ0v) is 12.3. The summed E-state index contributed by atoms with van der Waals surface area (Å²) in [6, 6.07) is 0.354. The highest BCUT2D eigenvalue weighted by atomic mass is 16.1. The van der Waals surface area contributed by atoms with Gasteiger partial charge in [-0.05, 0) is 42.4 Å². The summed E-state index contributed by atoms with van der Waals surface area (Å²) in [5, 5.41) is 3.25. The number of amides is 1. The van der Waals surface area contributed by atoms with Crippen LogP contribution in [0.15, 0.2) is 0 Å². The predicted octanol–water partition coefficient (Wildman–Crippen LogP) is 2.44. The molecule has 4 atom stereocenters. The molecule has 0 heterocycles. The smallest absolute Gasteiger partial charge is 0.221 e. The fourth-order valence-electron chi connectivity index (χ4n) is 4.06. The lowest BCUT2D eigenvalue weighted by atomic mass is 9.69. The van der Waals surface area contributed by atoms with E-state index in [0.717, 1.165) is 18.8 Å². The van der Waals surface area contributed by atoms with E-state index in [4.69, 9.17) is 5.73 Å². The average molecular weight is 252 g/mol.